The number of rotatable bonds is 4. The van der Waals surface area contributed by atoms with Crippen molar-refractivity contribution < 1.29 is 4.39 Å². The molecule has 0 amide bonds. The molecule has 1 nitrogen and oxygen atoms in total. The molecular formula is C12H14FN. The first kappa shape index (κ1) is 10.7. The highest BCUT2D eigenvalue weighted by molar-refractivity contribution is 5.25. The van der Waals surface area contributed by atoms with Crippen LogP contribution in [0.25, 0.3) is 0 Å². The monoisotopic (exact) mass is 191 g/mol. The summed E-state index contributed by atoms with van der Waals surface area (Å²) in [6.45, 7) is 1.57. The van der Waals surface area contributed by atoms with Crippen LogP contribution in [0.5, 0.6) is 0 Å². The molecule has 1 atom stereocenters. The fourth-order valence-electron chi connectivity index (χ4n) is 1.35. The largest absolute Gasteiger partial charge is 0.248 e. The van der Waals surface area contributed by atoms with Crippen molar-refractivity contribution in [3.63, 3.8) is 0 Å². The minimum Gasteiger partial charge on any atom is -0.248 e. The molecule has 2 heteroatoms. The van der Waals surface area contributed by atoms with Crippen LogP contribution in [0.1, 0.15) is 24.5 Å². The summed E-state index contributed by atoms with van der Waals surface area (Å²) in [4.78, 5) is 0. The van der Waals surface area contributed by atoms with Crippen molar-refractivity contribution in [2.75, 3.05) is 0 Å². The van der Waals surface area contributed by atoms with Crippen LogP contribution in [0.2, 0.25) is 0 Å². The molecule has 1 unspecified atom stereocenters. The second kappa shape index (κ2) is 5.39. The van der Waals surface area contributed by atoms with E-state index < -0.39 is 6.17 Å². The van der Waals surface area contributed by atoms with E-state index in [9.17, 15) is 4.39 Å². The highest BCUT2D eigenvalue weighted by Gasteiger charge is 2.00. The molecule has 0 aliphatic heterocycles. The number of nitriles is 1. The minimum atomic E-state index is -0.755. The molecule has 0 N–H and O–H groups in total. The van der Waals surface area contributed by atoms with Crippen molar-refractivity contribution in [2.45, 2.75) is 32.4 Å². The van der Waals surface area contributed by atoms with E-state index in [0.29, 0.717) is 12.8 Å². The quantitative estimate of drug-likeness (QED) is 0.717. The summed E-state index contributed by atoms with van der Waals surface area (Å²) < 4.78 is 12.6. The normalized spacial score (nSPS) is 12.1. The molecule has 1 aromatic rings. The Morgan fingerprint density at radius 2 is 2.14 bits per heavy atom. The zero-order chi connectivity index (χ0) is 10.4. The Hall–Kier alpha value is -1.36. The summed E-state index contributed by atoms with van der Waals surface area (Å²) >= 11 is 0. The summed E-state index contributed by atoms with van der Waals surface area (Å²) in [7, 11) is 0. The molecular weight excluding hydrogens is 177 g/mol. The van der Waals surface area contributed by atoms with Crippen molar-refractivity contribution in [2.24, 2.45) is 0 Å². The third-order valence-electron chi connectivity index (χ3n) is 2.11. The van der Waals surface area contributed by atoms with Crippen LogP contribution < -0.4 is 0 Å². The Balaban J connectivity index is 2.60. The van der Waals surface area contributed by atoms with E-state index in [1.165, 1.54) is 0 Å². The molecule has 0 aliphatic carbocycles. The van der Waals surface area contributed by atoms with Crippen molar-refractivity contribution >= 4 is 0 Å². The van der Waals surface area contributed by atoms with E-state index in [1.807, 2.05) is 24.3 Å². The number of benzene rings is 1. The summed E-state index contributed by atoms with van der Waals surface area (Å²) in [6, 6.07) is 9.90. The van der Waals surface area contributed by atoms with Gasteiger partial charge in [-0.3, -0.25) is 0 Å². The topological polar surface area (TPSA) is 23.8 Å². The SMILES string of the molecule is CC(F)CCc1cccc(CC#N)c1. The Labute approximate surface area is 84.2 Å². The maximum atomic E-state index is 12.6. The lowest BCUT2D eigenvalue weighted by molar-refractivity contribution is 0.341. The summed E-state index contributed by atoms with van der Waals surface area (Å²) in [5.74, 6) is 0. The fraction of sp³-hybridized carbons (Fsp3) is 0.417. The predicted octanol–water partition coefficient (Wildman–Crippen LogP) is 3.04. The maximum absolute atomic E-state index is 12.6. The lowest BCUT2D eigenvalue weighted by Gasteiger charge is -2.03. The zero-order valence-electron chi connectivity index (χ0n) is 8.33. The third kappa shape index (κ3) is 3.57. The zero-order valence-corrected chi connectivity index (χ0v) is 8.33. The van der Waals surface area contributed by atoms with Gasteiger partial charge in [-0.1, -0.05) is 24.3 Å². The van der Waals surface area contributed by atoms with Gasteiger partial charge in [-0.05, 0) is 30.9 Å². The van der Waals surface area contributed by atoms with Gasteiger partial charge in [0.2, 0.25) is 0 Å². The van der Waals surface area contributed by atoms with Crippen LogP contribution in [0.15, 0.2) is 24.3 Å². The average Bonchev–Trinajstić information content (AvgIpc) is 2.16. The standard InChI is InChI=1S/C12H14FN/c1-10(13)5-6-11-3-2-4-12(9-11)7-8-14/h2-4,9-10H,5-7H2,1H3. The Bertz CT molecular complexity index is 325. The van der Waals surface area contributed by atoms with E-state index >= 15 is 0 Å². The van der Waals surface area contributed by atoms with Crippen molar-refractivity contribution in [3.05, 3.63) is 35.4 Å². The van der Waals surface area contributed by atoms with Gasteiger partial charge in [-0.15, -0.1) is 0 Å². The number of hydrogen-bond donors (Lipinski definition) is 0. The van der Waals surface area contributed by atoms with E-state index in [0.717, 1.165) is 17.5 Å². The number of aryl methyl sites for hydroxylation is 1. The number of alkyl halides is 1. The molecule has 14 heavy (non-hydrogen) atoms. The van der Waals surface area contributed by atoms with Gasteiger partial charge in [0.1, 0.15) is 0 Å². The highest BCUT2D eigenvalue weighted by Crippen LogP contribution is 2.10. The summed E-state index contributed by atoms with van der Waals surface area (Å²) in [6.07, 6.45) is 0.973. The van der Waals surface area contributed by atoms with E-state index in [1.54, 1.807) is 6.92 Å². The van der Waals surface area contributed by atoms with Crippen LogP contribution in [0.4, 0.5) is 4.39 Å². The van der Waals surface area contributed by atoms with Crippen molar-refractivity contribution in [1.82, 2.24) is 0 Å². The van der Waals surface area contributed by atoms with Gasteiger partial charge in [0, 0.05) is 0 Å². The molecule has 0 aromatic heterocycles. The summed E-state index contributed by atoms with van der Waals surface area (Å²) in [5.41, 5.74) is 2.12. The number of nitrogens with zero attached hydrogens (tertiary/aromatic N) is 1. The first-order valence-electron chi connectivity index (χ1n) is 4.81. The van der Waals surface area contributed by atoms with Crippen LogP contribution >= 0.6 is 0 Å². The van der Waals surface area contributed by atoms with Gasteiger partial charge >= 0.3 is 0 Å². The molecule has 0 radical (unpaired) electrons. The number of halogens is 1. The van der Waals surface area contributed by atoms with Gasteiger partial charge in [0.05, 0.1) is 18.7 Å². The molecule has 0 aliphatic rings. The Kier molecular flexibility index (Phi) is 4.12. The maximum Gasteiger partial charge on any atom is 0.0976 e. The molecule has 0 saturated carbocycles. The van der Waals surface area contributed by atoms with Gasteiger partial charge in [-0.2, -0.15) is 5.26 Å². The number of hydrogen-bond acceptors (Lipinski definition) is 1. The molecule has 1 rings (SSSR count). The highest BCUT2D eigenvalue weighted by atomic mass is 19.1. The second-order valence-electron chi connectivity index (χ2n) is 3.47. The molecule has 0 fully saturated rings. The van der Waals surface area contributed by atoms with Crippen molar-refractivity contribution in [3.8, 4) is 6.07 Å². The van der Waals surface area contributed by atoms with Crippen LogP contribution in [0.3, 0.4) is 0 Å². The molecule has 0 spiro atoms. The second-order valence-corrected chi connectivity index (χ2v) is 3.47. The fourth-order valence-corrected chi connectivity index (χ4v) is 1.35. The van der Waals surface area contributed by atoms with Crippen LogP contribution in [-0.2, 0) is 12.8 Å². The van der Waals surface area contributed by atoms with Gasteiger partial charge in [-0.25, -0.2) is 4.39 Å². The van der Waals surface area contributed by atoms with Crippen LogP contribution in [0, 0.1) is 11.3 Å². The Morgan fingerprint density at radius 1 is 1.43 bits per heavy atom. The lowest BCUT2D eigenvalue weighted by Crippen LogP contribution is -1.96. The summed E-state index contributed by atoms with van der Waals surface area (Å²) in [5, 5.41) is 8.52. The van der Waals surface area contributed by atoms with Crippen LogP contribution in [-0.4, -0.2) is 6.17 Å². The average molecular weight is 191 g/mol. The van der Waals surface area contributed by atoms with E-state index in [4.69, 9.17) is 5.26 Å². The van der Waals surface area contributed by atoms with Gasteiger partial charge in [0.15, 0.2) is 0 Å². The first-order valence-corrected chi connectivity index (χ1v) is 4.81. The smallest absolute Gasteiger partial charge is 0.0976 e. The minimum absolute atomic E-state index is 0.430. The lowest BCUT2D eigenvalue weighted by atomic mass is 10.0. The first-order chi connectivity index (χ1) is 6.72. The van der Waals surface area contributed by atoms with E-state index in [2.05, 4.69) is 6.07 Å². The molecule has 0 bridgehead atoms. The van der Waals surface area contributed by atoms with Crippen molar-refractivity contribution in [1.29, 1.82) is 5.26 Å². The molecule has 74 valence electrons. The predicted molar refractivity (Wildman–Crippen MR) is 54.7 cm³/mol. The molecule has 1 aromatic carbocycles. The molecule has 0 heterocycles. The van der Waals surface area contributed by atoms with Gasteiger partial charge in [0.25, 0.3) is 0 Å². The Morgan fingerprint density at radius 3 is 2.79 bits per heavy atom. The third-order valence-corrected chi connectivity index (χ3v) is 2.11. The van der Waals surface area contributed by atoms with E-state index in [-0.39, 0.29) is 0 Å². The van der Waals surface area contributed by atoms with Gasteiger partial charge < -0.3 is 0 Å². The molecule has 0 saturated heterocycles.